The topological polar surface area (TPSA) is 55.5 Å². The Hall–Kier alpha value is -1.79. The monoisotopic (exact) mass is 362 g/mol. The van der Waals surface area contributed by atoms with Gasteiger partial charge in [-0.2, -0.15) is 0 Å². The number of hydrogen-bond donors (Lipinski definition) is 1. The van der Waals surface area contributed by atoms with Gasteiger partial charge in [0.05, 0.1) is 18.8 Å². The Morgan fingerprint density at radius 3 is 2.69 bits per heavy atom. The smallest absolute Gasteiger partial charge is 0.264 e. The zero-order valence-corrected chi connectivity index (χ0v) is 14.4. The molecule has 1 heterocycles. The van der Waals surface area contributed by atoms with Crippen LogP contribution in [0.1, 0.15) is 61.3 Å². The highest BCUT2D eigenvalue weighted by molar-refractivity contribution is 5.68. The Bertz CT molecular complexity index is 749. The maximum atomic E-state index is 13.4. The average Bonchev–Trinajstić information content (AvgIpc) is 3.41. The second-order valence-electron chi connectivity index (χ2n) is 7.09. The maximum Gasteiger partial charge on any atom is 0.264 e. The van der Waals surface area contributed by atoms with Crippen molar-refractivity contribution in [1.82, 2.24) is 5.16 Å². The SMILES string of the molecule is O[C@H]1[CH]C[C@H](OCc2c(-c3ccccc3C(F)F)noc2C2CC2)CC1. The van der Waals surface area contributed by atoms with Crippen LogP contribution in [0.4, 0.5) is 8.78 Å². The first-order chi connectivity index (χ1) is 12.6. The number of rotatable bonds is 6. The Morgan fingerprint density at radius 2 is 2.00 bits per heavy atom. The molecule has 0 aliphatic heterocycles. The van der Waals surface area contributed by atoms with Crippen LogP contribution >= 0.6 is 0 Å². The molecule has 1 aromatic carbocycles. The molecule has 2 aliphatic carbocycles. The van der Waals surface area contributed by atoms with Gasteiger partial charge in [-0.15, -0.1) is 0 Å². The van der Waals surface area contributed by atoms with Gasteiger partial charge in [-0.1, -0.05) is 29.4 Å². The number of halogens is 2. The lowest BCUT2D eigenvalue weighted by molar-refractivity contribution is 0.00676. The lowest BCUT2D eigenvalue weighted by atomic mass is 9.95. The summed E-state index contributed by atoms with van der Waals surface area (Å²) in [5.41, 5.74) is 1.61. The van der Waals surface area contributed by atoms with Crippen LogP contribution in [0.25, 0.3) is 11.3 Å². The van der Waals surface area contributed by atoms with E-state index in [4.69, 9.17) is 9.26 Å². The number of ether oxygens (including phenoxy) is 1. The van der Waals surface area contributed by atoms with Crippen LogP contribution in [-0.2, 0) is 11.3 Å². The maximum absolute atomic E-state index is 13.4. The van der Waals surface area contributed by atoms with Crippen molar-refractivity contribution in [3.05, 3.63) is 47.6 Å². The summed E-state index contributed by atoms with van der Waals surface area (Å²) in [6, 6.07) is 6.42. The first kappa shape index (κ1) is 17.6. The standard InChI is InChI=1S/C20H22F2NO3/c21-20(22)16-4-2-1-3-15(16)18-17(19(26-23-18)12-5-6-12)11-25-14-9-7-13(24)8-10-14/h1-4,7,12-14,20,24H,5-6,8-11H2/t13-,14-/m0/s1. The summed E-state index contributed by atoms with van der Waals surface area (Å²) in [6.07, 6.45) is 3.17. The van der Waals surface area contributed by atoms with Crippen molar-refractivity contribution >= 4 is 0 Å². The van der Waals surface area contributed by atoms with E-state index in [2.05, 4.69) is 5.16 Å². The van der Waals surface area contributed by atoms with Gasteiger partial charge in [0.1, 0.15) is 11.5 Å². The van der Waals surface area contributed by atoms with Crippen LogP contribution in [0, 0.1) is 6.42 Å². The van der Waals surface area contributed by atoms with Gasteiger partial charge >= 0.3 is 0 Å². The van der Waals surface area contributed by atoms with E-state index < -0.39 is 6.43 Å². The highest BCUT2D eigenvalue weighted by Gasteiger charge is 2.34. The number of aromatic nitrogens is 1. The molecule has 2 aromatic rings. The molecule has 6 heteroatoms. The fraction of sp³-hybridized carbons (Fsp3) is 0.500. The molecule has 4 rings (SSSR count). The summed E-state index contributed by atoms with van der Waals surface area (Å²) >= 11 is 0. The molecule has 26 heavy (non-hydrogen) atoms. The van der Waals surface area contributed by atoms with Crippen molar-refractivity contribution in [1.29, 1.82) is 0 Å². The molecular formula is C20H22F2NO3. The minimum absolute atomic E-state index is 0.0264. The van der Waals surface area contributed by atoms with Gasteiger partial charge in [-0.3, -0.25) is 0 Å². The molecule has 1 N–H and O–H groups in total. The van der Waals surface area contributed by atoms with Crippen molar-refractivity contribution in [2.45, 2.75) is 63.3 Å². The quantitative estimate of drug-likeness (QED) is 0.803. The average molecular weight is 362 g/mol. The van der Waals surface area contributed by atoms with Gasteiger partial charge in [0.25, 0.3) is 6.43 Å². The van der Waals surface area contributed by atoms with Gasteiger partial charge in [0, 0.05) is 22.6 Å². The van der Waals surface area contributed by atoms with E-state index in [1.807, 2.05) is 6.42 Å². The number of hydrogen-bond acceptors (Lipinski definition) is 4. The lowest BCUT2D eigenvalue weighted by Gasteiger charge is -2.25. The van der Waals surface area contributed by atoms with Crippen LogP contribution in [0.2, 0.25) is 0 Å². The summed E-state index contributed by atoms with van der Waals surface area (Å²) in [5, 5.41) is 13.7. The highest BCUT2D eigenvalue weighted by atomic mass is 19.3. The molecular weight excluding hydrogens is 340 g/mol. The summed E-state index contributed by atoms with van der Waals surface area (Å²) in [7, 11) is 0. The summed E-state index contributed by atoms with van der Waals surface area (Å²) in [4.78, 5) is 0. The molecule has 139 valence electrons. The van der Waals surface area contributed by atoms with Gasteiger partial charge < -0.3 is 14.4 Å². The van der Waals surface area contributed by atoms with Crippen molar-refractivity contribution in [3.63, 3.8) is 0 Å². The fourth-order valence-electron chi connectivity index (χ4n) is 3.50. The number of nitrogens with zero attached hydrogens (tertiary/aromatic N) is 1. The molecule has 4 nitrogen and oxygen atoms in total. The minimum atomic E-state index is -2.57. The minimum Gasteiger partial charge on any atom is -0.393 e. The van der Waals surface area contributed by atoms with Crippen molar-refractivity contribution in [2.75, 3.05) is 0 Å². The van der Waals surface area contributed by atoms with E-state index in [9.17, 15) is 13.9 Å². The summed E-state index contributed by atoms with van der Waals surface area (Å²) in [5.74, 6) is 1.08. The zero-order chi connectivity index (χ0) is 18.1. The summed E-state index contributed by atoms with van der Waals surface area (Å²) in [6.45, 7) is 0.289. The first-order valence-corrected chi connectivity index (χ1v) is 9.12. The second kappa shape index (κ2) is 7.45. The molecule has 0 saturated heterocycles. The third kappa shape index (κ3) is 3.67. The fourth-order valence-corrected chi connectivity index (χ4v) is 3.50. The van der Waals surface area contributed by atoms with E-state index in [1.165, 1.54) is 6.07 Å². The van der Waals surface area contributed by atoms with Crippen LogP contribution in [0.15, 0.2) is 28.8 Å². The van der Waals surface area contributed by atoms with Gasteiger partial charge in [-0.05, 0) is 38.5 Å². The third-order valence-corrected chi connectivity index (χ3v) is 5.14. The van der Waals surface area contributed by atoms with Gasteiger partial charge in [0.2, 0.25) is 0 Å². The Kier molecular flexibility index (Phi) is 5.05. The molecule has 1 aromatic heterocycles. The normalized spacial score (nSPS) is 23.5. The molecule has 2 atom stereocenters. The van der Waals surface area contributed by atoms with Crippen LogP contribution in [-0.4, -0.2) is 22.5 Å². The molecule has 2 saturated carbocycles. The zero-order valence-electron chi connectivity index (χ0n) is 14.4. The number of aliphatic hydroxyl groups is 1. The molecule has 0 unspecified atom stereocenters. The van der Waals surface area contributed by atoms with E-state index in [0.29, 0.717) is 30.0 Å². The number of aliphatic hydroxyl groups excluding tert-OH is 1. The van der Waals surface area contributed by atoms with Crippen molar-refractivity contribution < 1.29 is 23.1 Å². The van der Waals surface area contributed by atoms with E-state index in [-0.39, 0.29) is 24.4 Å². The second-order valence-corrected chi connectivity index (χ2v) is 7.09. The predicted octanol–water partition coefficient (Wildman–Crippen LogP) is 4.79. The largest absolute Gasteiger partial charge is 0.393 e. The number of benzene rings is 1. The Morgan fingerprint density at radius 1 is 1.19 bits per heavy atom. The van der Waals surface area contributed by atoms with Crippen LogP contribution < -0.4 is 0 Å². The Labute approximate surface area is 151 Å². The molecule has 1 radical (unpaired) electrons. The molecule has 0 amide bonds. The van der Waals surface area contributed by atoms with Gasteiger partial charge in [0.15, 0.2) is 0 Å². The lowest BCUT2D eigenvalue weighted by Crippen LogP contribution is -2.24. The van der Waals surface area contributed by atoms with Crippen molar-refractivity contribution in [3.8, 4) is 11.3 Å². The van der Waals surface area contributed by atoms with Gasteiger partial charge in [-0.25, -0.2) is 8.78 Å². The molecule has 0 spiro atoms. The molecule has 2 fully saturated rings. The van der Waals surface area contributed by atoms with E-state index >= 15 is 0 Å². The van der Waals surface area contributed by atoms with Crippen LogP contribution in [0.3, 0.4) is 0 Å². The van der Waals surface area contributed by atoms with E-state index in [1.54, 1.807) is 18.2 Å². The van der Waals surface area contributed by atoms with E-state index in [0.717, 1.165) is 30.6 Å². The first-order valence-electron chi connectivity index (χ1n) is 9.12. The van der Waals surface area contributed by atoms with Crippen molar-refractivity contribution in [2.24, 2.45) is 0 Å². The summed E-state index contributed by atoms with van der Waals surface area (Å²) < 4.78 is 38.4. The third-order valence-electron chi connectivity index (χ3n) is 5.14. The molecule has 0 bridgehead atoms. The Balaban J connectivity index is 1.60. The van der Waals surface area contributed by atoms with Crippen LogP contribution in [0.5, 0.6) is 0 Å². The highest BCUT2D eigenvalue weighted by Crippen LogP contribution is 2.45. The molecule has 2 aliphatic rings. The number of alkyl halides is 2. The predicted molar refractivity (Wildman–Crippen MR) is 91.6 cm³/mol.